The largest absolute Gasteiger partial charge is 0.481 e. The Morgan fingerprint density at radius 3 is 2.70 bits per heavy atom. The molecule has 122 valence electrons. The topological polar surface area (TPSA) is 77.9 Å². The molecule has 2 atom stereocenters. The molecule has 6 heteroatoms. The summed E-state index contributed by atoms with van der Waals surface area (Å²) in [6.45, 7) is 2.59. The second-order valence-corrected chi connectivity index (χ2v) is 6.33. The number of aliphatic carboxylic acids is 1. The summed E-state index contributed by atoms with van der Waals surface area (Å²) >= 11 is 0. The fraction of sp³-hybridized carbons (Fsp3) is 0.471. The van der Waals surface area contributed by atoms with Crippen LogP contribution in [0.1, 0.15) is 35.7 Å². The molecule has 1 aromatic carbocycles. The first-order chi connectivity index (χ1) is 11.0. The van der Waals surface area contributed by atoms with E-state index in [1.807, 2.05) is 25.1 Å². The molecule has 6 nitrogen and oxygen atoms in total. The lowest BCUT2D eigenvalue weighted by atomic mass is 9.93. The molecule has 0 aliphatic carbocycles. The highest BCUT2D eigenvalue weighted by Gasteiger charge is 2.35. The highest BCUT2D eigenvalue weighted by molar-refractivity contribution is 6.00. The number of amides is 2. The van der Waals surface area contributed by atoms with Crippen LogP contribution in [0.15, 0.2) is 24.3 Å². The van der Waals surface area contributed by atoms with Crippen molar-refractivity contribution in [1.29, 1.82) is 0 Å². The summed E-state index contributed by atoms with van der Waals surface area (Å²) in [4.78, 5) is 39.2. The van der Waals surface area contributed by atoms with Crippen molar-refractivity contribution >= 4 is 17.8 Å². The summed E-state index contributed by atoms with van der Waals surface area (Å²) in [5.74, 6) is -1.68. The number of carbonyl (C=O) groups excluding carboxylic acids is 2. The Morgan fingerprint density at radius 2 is 2.00 bits per heavy atom. The van der Waals surface area contributed by atoms with Crippen molar-refractivity contribution < 1.29 is 19.5 Å². The Bertz CT molecular complexity index is 658. The molecule has 2 aliphatic rings. The molecule has 1 saturated heterocycles. The standard InChI is InChI=1S/C17H20N2O4/c1-11-6-7-13(17(22)23)9-19(11)15(20)10-18-8-12-4-2-3-5-14(12)16(18)21/h2-5,11,13H,6-10H2,1H3,(H,22,23). The lowest BCUT2D eigenvalue weighted by Gasteiger charge is -2.37. The van der Waals surface area contributed by atoms with Gasteiger partial charge in [-0.2, -0.15) is 0 Å². The maximum atomic E-state index is 12.6. The molecule has 0 saturated carbocycles. The van der Waals surface area contributed by atoms with E-state index < -0.39 is 11.9 Å². The SMILES string of the molecule is CC1CCC(C(=O)O)CN1C(=O)CN1Cc2ccccc2C1=O. The van der Waals surface area contributed by atoms with Gasteiger partial charge in [0.15, 0.2) is 0 Å². The molecule has 2 unspecified atom stereocenters. The van der Waals surface area contributed by atoms with Crippen molar-refractivity contribution in [3.63, 3.8) is 0 Å². The third-order valence-electron chi connectivity index (χ3n) is 4.77. The van der Waals surface area contributed by atoms with Gasteiger partial charge in [0.1, 0.15) is 6.54 Å². The molecule has 0 spiro atoms. The molecule has 2 amide bonds. The number of carbonyl (C=O) groups is 3. The van der Waals surface area contributed by atoms with E-state index in [4.69, 9.17) is 5.11 Å². The van der Waals surface area contributed by atoms with E-state index in [0.29, 0.717) is 24.9 Å². The van der Waals surface area contributed by atoms with E-state index in [0.717, 1.165) is 5.56 Å². The van der Waals surface area contributed by atoms with E-state index >= 15 is 0 Å². The van der Waals surface area contributed by atoms with Crippen LogP contribution in [0.4, 0.5) is 0 Å². The van der Waals surface area contributed by atoms with Gasteiger partial charge in [-0.3, -0.25) is 14.4 Å². The minimum Gasteiger partial charge on any atom is -0.481 e. The van der Waals surface area contributed by atoms with Crippen LogP contribution in [0.5, 0.6) is 0 Å². The molecule has 0 bridgehead atoms. The first-order valence-corrected chi connectivity index (χ1v) is 7.87. The number of fused-ring (bicyclic) bond motifs is 1. The number of likely N-dealkylation sites (tertiary alicyclic amines) is 1. The monoisotopic (exact) mass is 316 g/mol. The fourth-order valence-electron chi connectivity index (χ4n) is 3.35. The van der Waals surface area contributed by atoms with Crippen LogP contribution >= 0.6 is 0 Å². The number of nitrogens with zero attached hydrogens (tertiary/aromatic N) is 2. The molecule has 23 heavy (non-hydrogen) atoms. The Morgan fingerprint density at radius 1 is 1.26 bits per heavy atom. The predicted molar refractivity (Wildman–Crippen MR) is 82.7 cm³/mol. The van der Waals surface area contributed by atoms with E-state index in [1.165, 1.54) is 4.90 Å². The fourth-order valence-corrected chi connectivity index (χ4v) is 3.35. The average molecular weight is 316 g/mol. The second kappa shape index (κ2) is 6.02. The lowest BCUT2D eigenvalue weighted by molar-refractivity contribution is -0.147. The van der Waals surface area contributed by atoms with Gasteiger partial charge >= 0.3 is 5.97 Å². The Labute approximate surface area is 134 Å². The van der Waals surface area contributed by atoms with Crippen molar-refractivity contribution in [1.82, 2.24) is 9.80 Å². The van der Waals surface area contributed by atoms with Crippen LogP contribution in [0.2, 0.25) is 0 Å². The van der Waals surface area contributed by atoms with E-state index in [1.54, 1.807) is 11.0 Å². The molecule has 3 rings (SSSR count). The van der Waals surface area contributed by atoms with Gasteiger partial charge in [0.25, 0.3) is 5.91 Å². The van der Waals surface area contributed by atoms with Crippen molar-refractivity contribution in [2.75, 3.05) is 13.1 Å². The number of hydrogen-bond acceptors (Lipinski definition) is 3. The zero-order valence-electron chi connectivity index (χ0n) is 13.1. The zero-order chi connectivity index (χ0) is 16.6. The third kappa shape index (κ3) is 2.93. The molecule has 2 aliphatic heterocycles. The van der Waals surface area contributed by atoms with Crippen LogP contribution in [0.3, 0.4) is 0 Å². The van der Waals surface area contributed by atoms with Gasteiger partial charge in [-0.1, -0.05) is 18.2 Å². The van der Waals surface area contributed by atoms with Crippen molar-refractivity contribution in [3.05, 3.63) is 35.4 Å². The van der Waals surface area contributed by atoms with Gasteiger partial charge in [-0.25, -0.2) is 0 Å². The maximum Gasteiger partial charge on any atom is 0.308 e. The molecule has 0 aromatic heterocycles. The lowest BCUT2D eigenvalue weighted by Crippen LogP contribution is -2.50. The van der Waals surface area contributed by atoms with Crippen molar-refractivity contribution in [2.24, 2.45) is 5.92 Å². The summed E-state index contributed by atoms with van der Waals surface area (Å²) in [6.07, 6.45) is 1.27. The summed E-state index contributed by atoms with van der Waals surface area (Å²) in [5, 5.41) is 9.17. The van der Waals surface area contributed by atoms with Crippen molar-refractivity contribution in [3.8, 4) is 0 Å². The van der Waals surface area contributed by atoms with E-state index in [9.17, 15) is 14.4 Å². The Hall–Kier alpha value is -2.37. The second-order valence-electron chi connectivity index (χ2n) is 6.33. The smallest absolute Gasteiger partial charge is 0.308 e. The van der Waals surface area contributed by atoms with Gasteiger partial charge in [0, 0.05) is 24.7 Å². The normalized spacial score (nSPS) is 23.8. The summed E-state index contributed by atoms with van der Waals surface area (Å²) in [6, 6.07) is 7.36. The summed E-state index contributed by atoms with van der Waals surface area (Å²) in [7, 11) is 0. The van der Waals surface area contributed by atoms with E-state index in [2.05, 4.69) is 0 Å². The highest BCUT2D eigenvalue weighted by atomic mass is 16.4. The molecular weight excluding hydrogens is 296 g/mol. The third-order valence-corrected chi connectivity index (χ3v) is 4.77. The molecule has 1 N–H and O–H groups in total. The molecule has 1 fully saturated rings. The quantitative estimate of drug-likeness (QED) is 0.913. The number of carboxylic acid groups (broad SMARTS) is 1. The number of carboxylic acids is 1. The van der Waals surface area contributed by atoms with E-state index in [-0.39, 0.29) is 30.9 Å². The van der Waals surface area contributed by atoms with Gasteiger partial charge in [0.05, 0.1) is 5.92 Å². The van der Waals surface area contributed by atoms with Crippen LogP contribution in [0.25, 0.3) is 0 Å². The van der Waals surface area contributed by atoms with Gasteiger partial charge < -0.3 is 14.9 Å². The number of benzene rings is 1. The highest BCUT2D eigenvalue weighted by Crippen LogP contribution is 2.25. The van der Waals surface area contributed by atoms with Gasteiger partial charge in [0.2, 0.25) is 5.91 Å². The Kier molecular flexibility index (Phi) is 4.07. The first kappa shape index (κ1) is 15.5. The zero-order valence-corrected chi connectivity index (χ0v) is 13.1. The van der Waals surface area contributed by atoms with Crippen LogP contribution < -0.4 is 0 Å². The van der Waals surface area contributed by atoms with Crippen molar-refractivity contribution in [2.45, 2.75) is 32.4 Å². The minimum atomic E-state index is -0.862. The minimum absolute atomic E-state index is 0.00416. The van der Waals surface area contributed by atoms with Gasteiger partial charge in [-0.15, -0.1) is 0 Å². The molecule has 1 aromatic rings. The van der Waals surface area contributed by atoms with Crippen LogP contribution in [-0.4, -0.2) is 51.8 Å². The summed E-state index contributed by atoms with van der Waals surface area (Å²) < 4.78 is 0. The van der Waals surface area contributed by atoms with Crippen LogP contribution in [-0.2, 0) is 16.1 Å². The predicted octanol–water partition coefficient (Wildman–Crippen LogP) is 1.35. The molecule has 0 radical (unpaired) electrons. The summed E-state index contributed by atoms with van der Waals surface area (Å²) in [5.41, 5.74) is 1.58. The number of hydrogen-bond donors (Lipinski definition) is 1. The first-order valence-electron chi connectivity index (χ1n) is 7.87. The number of rotatable bonds is 3. The maximum absolute atomic E-state index is 12.6. The number of piperidine rings is 1. The van der Waals surface area contributed by atoms with Gasteiger partial charge in [-0.05, 0) is 31.4 Å². The molecular formula is C17H20N2O4. The molecule has 2 heterocycles. The Balaban J connectivity index is 1.68. The van der Waals surface area contributed by atoms with Crippen LogP contribution in [0, 0.1) is 5.92 Å². The average Bonchev–Trinajstić information content (AvgIpc) is 2.84.